The Labute approximate surface area is 148 Å². The second-order valence-electron chi connectivity index (χ2n) is 8.25. The molecular weight excluding hydrogens is 316 g/mol. The number of carboxylic acids is 1. The van der Waals surface area contributed by atoms with Crippen molar-refractivity contribution in [2.75, 3.05) is 0 Å². The Bertz CT molecular complexity index is 739. The average Bonchev–Trinajstić information content (AvgIpc) is 3.03. The van der Waals surface area contributed by atoms with Crippen molar-refractivity contribution in [3.05, 3.63) is 36.1 Å². The van der Waals surface area contributed by atoms with Gasteiger partial charge in [0.25, 0.3) is 0 Å². The molecule has 1 aliphatic rings. The Morgan fingerprint density at radius 3 is 2.60 bits per heavy atom. The van der Waals surface area contributed by atoms with E-state index in [1.165, 1.54) is 6.42 Å². The molecule has 0 spiro atoms. The first-order chi connectivity index (χ1) is 11.8. The van der Waals surface area contributed by atoms with E-state index in [9.17, 15) is 15.0 Å². The maximum atomic E-state index is 11.9. The largest absolute Gasteiger partial charge is 0.479 e. The van der Waals surface area contributed by atoms with Crippen molar-refractivity contribution in [1.82, 2.24) is 0 Å². The molecule has 0 saturated heterocycles. The highest BCUT2D eigenvalue weighted by Gasteiger charge is 2.44. The van der Waals surface area contributed by atoms with E-state index in [-0.39, 0.29) is 6.42 Å². The molecule has 4 heteroatoms. The molecule has 3 rings (SSSR count). The highest BCUT2D eigenvalue weighted by molar-refractivity contribution is 5.82. The third kappa shape index (κ3) is 3.74. The van der Waals surface area contributed by atoms with Crippen LogP contribution in [0.5, 0.6) is 0 Å². The molecule has 1 aliphatic carbocycles. The standard InChI is InChI=1S/C21H28O4/c1-20(2,17-10-6-9-16-11-12-25-18(16)17)14-21(24,19(22)23)13-15-7-4-3-5-8-15/h6,9-12,15,24H,3-5,7-8,13-14H2,1-2H3,(H,22,23). The van der Waals surface area contributed by atoms with Crippen LogP contribution in [0.15, 0.2) is 34.9 Å². The minimum Gasteiger partial charge on any atom is -0.479 e. The molecule has 25 heavy (non-hydrogen) atoms. The van der Waals surface area contributed by atoms with Crippen LogP contribution >= 0.6 is 0 Å². The fourth-order valence-corrected chi connectivity index (χ4v) is 4.46. The molecule has 2 aromatic rings. The van der Waals surface area contributed by atoms with Crippen molar-refractivity contribution in [2.45, 2.75) is 69.8 Å². The van der Waals surface area contributed by atoms with Gasteiger partial charge >= 0.3 is 5.97 Å². The van der Waals surface area contributed by atoms with Gasteiger partial charge in [0.15, 0.2) is 5.60 Å². The van der Waals surface area contributed by atoms with Gasteiger partial charge in [-0.3, -0.25) is 0 Å². The quantitative estimate of drug-likeness (QED) is 0.783. The molecule has 1 unspecified atom stereocenters. The molecule has 1 aromatic heterocycles. The molecule has 0 amide bonds. The summed E-state index contributed by atoms with van der Waals surface area (Å²) in [5.74, 6) is -0.817. The summed E-state index contributed by atoms with van der Waals surface area (Å²) >= 11 is 0. The normalized spacial score (nSPS) is 19.0. The molecule has 0 bridgehead atoms. The van der Waals surface area contributed by atoms with Crippen LogP contribution in [0, 0.1) is 5.92 Å². The molecular formula is C21H28O4. The van der Waals surface area contributed by atoms with E-state index >= 15 is 0 Å². The van der Waals surface area contributed by atoms with Crippen LogP contribution in [0.2, 0.25) is 0 Å². The zero-order valence-corrected chi connectivity index (χ0v) is 15.1. The fourth-order valence-electron chi connectivity index (χ4n) is 4.46. The SMILES string of the molecule is CC(C)(CC(O)(CC1CCCCC1)C(=O)O)c1cccc2ccoc12. The van der Waals surface area contributed by atoms with Crippen molar-refractivity contribution in [1.29, 1.82) is 0 Å². The lowest BCUT2D eigenvalue weighted by molar-refractivity contribution is -0.163. The summed E-state index contributed by atoms with van der Waals surface area (Å²) in [4.78, 5) is 11.9. The van der Waals surface area contributed by atoms with Gasteiger partial charge in [-0.25, -0.2) is 4.79 Å². The number of furan rings is 1. The number of para-hydroxylation sites is 1. The van der Waals surface area contributed by atoms with E-state index in [4.69, 9.17) is 4.42 Å². The molecule has 1 saturated carbocycles. The zero-order valence-electron chi connectivity index (χ0n) is 15.1. The highest BCUT2D eigenvalue weighted by Crippen LogP contribution is 2.40. The van der Waals surface area contributed by atoms with Crippen molar-refractivity contribution in [3.63, 3.8) is 0 Å². The number of hydrogen-bond donors (Lipinski definition) is 2. The predicted molar refractivity (Wildman–Crippen MR) is 97.6 cm³/mol. The number of aliphatic hydroxyl groups is 1. The van der Waals surface area contributed by atoms with E-state index in [0.29, 0.717) is 12.3 Å². The van der Waals surface area contributed by atoms with E-state index in [1.807, 2.05) is 38.1 Å². The van der Waals surface area contributed by atoms with Crippen LogP contribution in [0.4, 0.5) is 0 Å². The Morgan fingerprint density at radius 2 is 1.92 bits per heavy atom. The molecule has 136 valence electrons. The van der Waals surface area contributed by atoms with Crippen molar-refractivity contribution >= 4 is 16.9 Å². The highest BCUT2D eigenvalue weighted by atomic mass is 16.4. The first-order valence-electron chi connectivity index (χ1n) is 9.24. The summed E-state index contributed by atoms with van der Waals surface area (Å²) in [5.41, 5.74) is -0.504. The third-order valence-electron chi connectivity index (χ3n) is 5.69. The predicted octanol–water partition coefficient (Wildman–Crippen LogP) is 4.89. The van der Waals surface area contributed by atoms with E-state index < -0.39 is 17.0 Å². The zero-order chi connectivity index (χ0) is 18.1. The van der Waals surface area contributed by atoms with Crippen LogP contribution in [0.25, 0.3) is 11.0 Å². The number of benzene rings is 1. The van der Waals surface area contributed by atoms with Crippen LogP contribution in [0.1, 0.15) is 64.4 Å². The lowest BCUT2D eigenvalue weighted by Gasteiger charge is -2.36. The summed E-state index contributed by atoms with van der Waals surface area (Å²) in [6.07, 6.45) is 7.67. The van der Waals surface area contributed by atoms with E-state index in [1.54, 1.807) is 6.26 Å². The van der Waals surface area contributed by atoms with Gasteiger partial charge in [-0.15, -0.1) is 0 Å². The minimum absolute atomic E-state index is 0.172. The van der Waals surface area contributed by atoms with Gasteiger partial charge in [0.05, 0.1) is 6.26 Å². The number of carbonyl (C=O) groups is 1. The van der Waals surface area contributed by atoms with Crippen LogP contribution in [-0.2, 0) is 10.2 Å². The Balaban J connectivity index is 1.87. The Morgan fingerprint density at radius 1 is 1.20 bits per heavy atom. The molecule has 2 N–H and O–H groups in total. The Kier molecular flexibility index (Phi) is 4.92. The van der Waals surface area contributed by atoms with E-state index in [0.717, 1.165) is 42.2 Å². The smallest absolute Gasteiger partial charge is 0.335 e. The number of rotatable bonds is 6. The topological polar surface area (TPSA) is 70.7 Å². The molecule has 1 heterocycles. The number of carboxylic acid groups (broad SMARTS) is 1. The van der Waals surface area contributed by atoms with Gasteiger partial charge in [0.2, 0.25) is 0 Å². The summed E-state index contributed by atoms with van der Waals surface area (Å²) in [6, 6.07) is 7.80. The second-order valence-corrected chi connectivity index (χ2v) is 8.25. The first-order valence-corrected chi connectivity index (χ1v) is 9.24. The van der Waals surface area contributed by atoms with Crippen LogP contribution < -0.4 is 0 Å². The third-order valence-corrected chi connectivity index (χ3v) is 5.69. The second kappa shape index (κ2) is 6.83. The Hall–Kier alpha value is -1.81. The number of hydrogen-bond acceptors (Lipinski definition) is 3. The molecule has 4 nitrogen and oxygen atoms in total. The van der Waals surface area contributed by atoms with Crippen LogP contribution in [-0.4, -0.2) is 21.8 Å². The number of aliphatic carboxylic acids is 1. The van der Waals surface area contributed by atoms with E-state index in [2.05, 4.69) is 0 Å². The summed E-state index contributed by atoms with van der Waals surface area (Å²) in [7, 11) is 0. The average molecular weight is 344 g/mol. The van der Waals surface area contributed by atoms with Crippen molar-refractivity contribution in [3.8, 4) is 0 Å². The van der Waals surface area contributed by atoms with Crippen molar-refractivity contribution in [2.24, 2.45) is 5.92 Å². The molecule has 0 aliphatic heterocycles. The first kappa shape index (κ1) is 18.0. The molecule has 0 radical (unpaired) electrons. The molecule has 1 aromatic carbocycles. The van der Waals surface area contributed by atoms with Crippen LogP contribution in [0.3, 0.4) is 0 Å². The summed E-state index contributed by atoms with van der Waals surface area (Å²) in [6.45, 7) is 3.97. The lowest BCUT2D eigenvalue weighted by atomic mass is 9.71. The van der Waals surface area contributed by atoms with Crippen molar-refractivity contribution < 1.29 is 19.4 Å². The van der Waals surface area contributed by atoms with Gasteiger partial charge < -0.3 is 14.6 Å². The molecule has 1 fully saturated rings. The van der Waals surface area contributed by atoms with Gasteiger partial charge in [-0.05, 0) is 30.2 Å². The molecule has 1 atom stereocenters. The fraction of sp³-hybridized carbons (Fsp3) is 0.571. The number of fused-ring (bicyclic) bond motifs is 1. The van der Waals surface area contributed by atoms with Gasteiger partial charge in [0.1, 0.15) is 5.58 Å². The lowest BCUT2D eigenvalue weighted by Crippen LogP contribution is -2.45. The summed E-state index contributed by atoms with van der Waals surface area (Å²) in [5, 5.41) is 21.8. The summed E-state index contributed by atoms with van der Waals surface area (Å²) < 4.78 is 5.63. The maximum absolute atomic E-state index is 11.9. The maximum Gasteiger partial charge on any atom is 0.335 e. The van der Waals surface area contributed by atoms with Gasteiger partial charge in [0, 0.05) is 10.9 Å². The van der Waals surface area contributed by atoms with Gasteiger partial charge in [-0.2, -0.15) is 0 Å². The monoisotopic (exact) mass is 344 g/mol. The minimum atomic E-state index is -1.71. The van der Waals surface area contributed by atoms with Gasteiger partial charge in [-0.1, -0.05) is 64.2 Å².